The summed E-state index contributed by atoms with van der Waals surface area (Å²) >= 11 is 5.87. The molecular formula is C24H29ClFN7O7P+. The highest BCUT2D eigenvalue weighted by molar-refractivity contribution is 7.33. The van der Waals surface area contributed by atoms with E-state index in [-0.39, 0.29) is 28.9 Å². The topological polar surface area (TPSA) is 197 Å². The van der Waals surface area contributed by atoms with Crippen molar-refractivity contribution in [1.82, 2.24) is 19.5 Å². The van der Waals surface area contributed by atoms with Gasteiger partial charge >= 0.3 is 14.2 Å². The third-order valence-corrected chi connectivity index (χ3v) is 7.32. The van der Waals surface area contributed by atoms with Gasteiger partial charge in [0, 0.05) is 11.0 Å². The second kappa shape index (κ2) is 13.2. The lowest BCUT2D eigenvalue weighted by Crippen LogP contribution is -2.31. The van der Waals surface area contributed by atoms with Gasteiger partial charge in [0.2, 0.25) is 5.28 Å². The number of nitrogen functional groups attached to an aromatic ring is 1. The molecule has 1 aromatic carbocycles. The number of alkyl halides is 1. The number of fused-ring (bicyclic) bond motifs is 1. The first-order chi connectivity index (χ1) is 19.5. The summed E-state index contributed by atoms with van der Waals surface area (Å²) in [6, 6.07) is 4.69. The number of aliphatic hydroxyl groups excluding tert-OH is 1. The van der Waals surface area contributed by atoms with Gasteiger partial charge in [0.25, 0.3) is 0 Å². The molecule has 0 saturated carbocycles. The van der Waals surface area contributed by atoms with E-state index in [9.17, 15) is 18.9 Å². The van der Waals surface area contributed by atoms with Crippen molar-refractivity contribution in [3.05, 3.63) is 46.5 Å². The Morgan fingerprint density at radius 2 is 2.12 bits per heavy atom. The smallest absolute Gasteiger partial charge is 0.461 e. The van der Waals surface area contributed by atoms with Crippen molar-refractivity contribution < 1.29 is 37.4 Å². The molecule has 0 radical (unpaired) electrons. The first-order valence-electron chi connectivity index (χ1n) is 12.5. The van der Waals surface area contributed by atoms with E-state index in [4.69, 9.17) is 41.4 Å². The molecule has 3 aromatic rings. The number of aryl methyl sites for hydroxylation is 1. The maximum Gasteiger partial charge on any atom is 0.697 e. The van der Waals surface area contributed by atoms with Gasteiger partial charge in [0.05, 0.1) is 6.33 Å². The van der Waals surface area contributed by atoms with Crippen LogP contribution >= 0.6 is 19.9 Å². The Kier molecular flexibility index (Phi) is 9.89. The summed E-state index contributed by atoms with van der Waals surface area (Å²) in [5.74, 6) is -0.577. The van der Waals surface area contributed by atoms with Gasteiger partial charge < -0.3 is 20.3 Å². The summed E-state index contributed by atoms with van der Waals surface area (Å²) < 4.78 is 50.2. The molecule has 4 rings (SSSR count). The maximum absolute atomic E-state index is 15.0. The SMILES string of the molecule is Cc1ccc(CC(C)OC(=O)C(C)N=N)cc1CO[P+](=O)OCC1OC(n2cnc3c(N)nc(Cl)nc32)C(F)C1O. The predicted octanol–water partition coefficient (Wildman–Crippen LogP) is 3.75. The summed E-state index contributed by atoms with van der Waals surface area (Å²) in [5, 5.41) is 13.4. The molecule has 2 aromatic heterocycles. The molecule has 1 saturated heterocycles. The van der Waals surface area contributed by atoms with Crippen LogP contribution in [0.1, 0.15) is 36.8 Å². The molecule has 14 nitrogen and oxygen atoms in total. The Bertz CT molecular complexity index is 1450. The average Bonchev–Trinajstić information content (AvgIpc) is 3.47. The number of rotatable bonds is 12. The van der Waals surface area contributed by atoms with E-state index in [2.05, 4.69) is 20.1 Å². The first-order valence-corrected chi connectivity index (χ1v) is 14.0. The number of benzene rings is 1. The molecule has 1 aliphatic rings. The number of carbonyl (C=O) groups is 1. The van der Waals surface area contributed by atoms with Crippen LogP contribution in [-0.4, -0.2) is 67.7 Å². The molecule has 0 bridgehead atoms. The molecular weight excluding hydrogens is 584 g/mol. The van der Waals surface area contributed by atoms with Crippen LogP contribution in [0.5, 0.6) is 0 Å². The second-order valence-corrected chi connectivity index (χ2v) is 10.8. The molecule has 7 atom stereocenters. The first kappa shape index (κ1) is 30.8. The number of halogens is 2. The van der Waals surface area contributed by atoms with Crippen molar-refractivity contribution in [2.24, 2.45) is 5.11 Å². The van der Waals surface area contributed by atoms with Gasteiger partial charge in [-0.15, -0.1) is 9.05 Å². The minimum absolute atomic E-state index is 0.00620. The third kappa shape index (κ3) is 7.18. The molecule has 3 heterocycles. The highest BCUT2D eigenvalue weighted by Crippen LogP contribution is 2.36. The van der Waals surface area contributed by atoms with Crippen molar-refractivity contribution in [2.75, 3.05) is 12.3 Å². The van der Waals surface area contributed by atoms with Crippen LogP contribution in [0.4, 0.5) is 10.2 Å². The van der Waals surface area contributed by atoms with E-state index in [1.165, 1.54) is 17.8 Å². The minimum atomic E-state index is -2.64. The predicted molar refractivity (Wildman–Crippen MR) is 143 cm³/mol. The van der Waals surface area contributed by atoms with Gasteiger partial charge in [-0.1, -0.05) is 18.2 Å². The Morgan fingerprint density at radius 3 is 2.85 bits per heavy atom. The van der Waals surface area contributed by atoms with Gasteiger partial charge in [-0.05, 0) is 49.1 Å². The van der Waals surface area contributed by atoms with Crippen molar-refractivity contribution in [3.8, 4) is 0 Å². The third-order valence-electron chi connectivity index (χ3n) is 6.45. The van der Waals surface area contributed by atoms with Crippen LogP contribution in [0.15, 0.2) is 29.6 Å². The lowest BCUT2D eigenvalue weighted by molar-refractivity contribution is -0.149. The summed E-state index contributed by atoms with van der Waals surface area (Å²) in [5.41, 5.74) is 15.5. The number of nitrogens with two attached hydrogens (primary N) is 1. The van der Waals surface area contributed by atoms with Crippen molar-refractivity contribution in [1.29, 1.82) is 5.53 Å². The molecule has 0 aliphatic carbocycles. The number of aliphatic hydroxyl groups is 1. The molecule has 17 heteroatoms. The van der Waals surface area contributed by atoms with E-state index >= 15 is 0 Å². The molecule has 41 heavy (non-hydrogen) atoms. The number of imidazole rings is 1. The zero-order valence-corrected chi connectivity index (χ0v) is 24.0. The lowest BCUT2D eigenvalue weighted by Gasteiger charge is -2.15. The largest absolute Gasteiger partial charge is 0.697 e. The zero-order chi connectivity index (χ0) is 29.8. The number of ether oxygens (including phenoxy) is 2. The molecule has 0 spiro atoms. The average molecular weight is 613 g/mol. The normalized spacial score (nSPS) is 22.4. The summed E-state index contributed by atoms with van der Waals surface area (Å²) in [4.78, 5) is 23.7. The van der Waals surface area contributed by atoms with Crippen molar-refractivity contribution >= 4 is 42.8 Å². The highest BCUT2D eigenvalue weighted by atomic mass is 35.5. The molecule has 1 aliphatic heterocycles. The number of hydrogen-bond acceptors (Lipinski definition) is 13. The quantitative estimate of drug-likeness (QED) is 0.116. The number of hydrogen-bond donors (Lipinski definition) is 3. The van der Waals surface area contributed by atoms with Crippen LogP contribution in [0, 0.1) is 12.5 Å². The second-order valence-electron chi connectivity index (χ2n) is 9.51. The fourth-order valence-electron chi connectivity index (χ4n) is 4.19. The van der Waals surface area contributed by atoms with Gasteiger partial charge in [0.15, 0.2) is 29.9 Å². The molecule has 1 fully saturated rings. The monoisotopic (exact) mass is 612 g/mol. The Balaban J connectivity index is 1.31. The summed E-state index contributed by atoms with van der Waals surface area (Å²) in [7, 11) is -2.64. The fraction of sp³-hybridized carbons (Fsp3) is 0.500. The molecule has 220 valence electrons. The van der Waals surface area contributed by atoms with Gasteiger partial charge in [-0.25, -0.2) is 19.7 Å². The van der Waals surface area contributed by atoms with Crippen LogP contribution in [0.25, 0.3) is 11.2 Å². The van der Waals surface area contributed by atoms with Crippen LogP contribution in [0.3, 0.4) is 0 Å². The zero-order valence-electron chi connectivity index (χ0n) is 22.3. The summed E-state index contributed by atoms with van der Waals surface area (Å²) in [6.45, 7) is 4.60. The number of esters is 1. The van der Waals surface area contributed by atoms with Crippen molar-refractivity contribution in [3.63, 3.8) is 0 Å². The number of anilines is 1. The minimum Gasteiger partial charge on any atom is -0.461 e. The standard InChI is InChI=1S/C24H29ClFN7O7P/c1-11-4-5-14(6-12(2)39-23(35)13(3)32-28)7-15(11)8-37-41(36)38-9-16-19(34)17(26)22(40-16)33-10-29-18-20(27)30-24(25)31-21(18)33/h4-5,7,10,12-13,16-17,19,22,28,34H,6,8-9H2,1-3H3,(H2,27,30,31)/q+1. The van der Waals surface area contributed by atoms with E-state index in [0.29, 0.717) is 6.42 Å². The number of nitrogens with zero attached hydrogens (tertiary/aromatic N) is 5. The summed E-state index contributed by atoms with van der Waals surface area (Å²) in [6.07, 6.45) is -4.75. The Labute approximate surface area is 239 Å². The fourth-order valence-corrected chi connectivity index (χ4v) is 4.95. The molecule has 4 N–H and O–H groups in total. The van der Waals surface area contributed by atoms with Crippen LogP contribution in [-0.2, 0) is 40.9 Å². The van der Waals surface area contributed by atoms with Crippen molar-refractivity contribution in [2.45, 2.75) is 70.6 Å². The Hall–Kier alpha value is -3.20. The maximum atomic E-state index is 15.0. The molecule has 7 unspecified atom stereocenters. The van der Waals surface area contributed by atoms with Gasteiger partial charge in [-0.3, -0.25) is 4.57 Å². The van der Waals surface area contributed by atoms with Gasteiger partial charge in [-0.2, -0.15) is 15.1 Å². The van der Waals surface area contributed by atoms with Gasteiger partial charge in [0.1, 0.15) is 37.0 Å². The van der Waals surface area contributed by atoms with E-state index < -0.39 is 57.6 Å². The van der Waals surface area contributed by atoms with E-state index in [1.54, 1.807) is 6.92 Å². The molecule has 0 amide bonds. The number of carbonyl (C=O) groups excluding carboxylic acids is 1. The Morgan fingerprint density at radius 1 is 1.37 bits per heavy atom. The van der Waals surface area contributed by atoms with Crippen LogP contribution in [0.2, 0.25) is 5.28 Å². The van der Waals surface area contributed by atoms with E-state index in [0.717, 1.165) is 16.7 Å². The van der Waals surface area contributed by atoms with Crippen LogP contribution < -0.4 is 5.73 Å². The number of aromatic nitrogens is 4. The highest BCUT2D eigenvalue weighted by Gasteiger charge is 2.47. The number of nitrogens with one attached hydrogen (secondary N) is 1. The lowest BCUT2D eigenvalue weighted by atomic mass is 10.0. The van der Waals surface area contributed by atoms with E-state index in [1.807, 2.05) is 25.1 Å².